The third-order valence-electron chi connectivity index (χ3n) is 7.59. The maximum Gasteiger partial charge on any atom is 0.408 e. The number of nitrogens with one attached hydrogen (secondary N) is 4. The molecule has 1 saturated carbocycles. The van der Waals surface area contributed by atoms with Crippen LogP contribution in [-0.4, -0.2) is 65.3 Å². The third kappa shape index (κ3) is 13.9. The van der Waals surface area contributed by atoms with Gasteiger partial charge in [0.25, 0.3) is 0 Å². The van der Waals surface area contributed by atoms with E-state index in [1.165, 1.54) is 6.42 Å². The molecule has 44 heavy (non-hydrogen) atoms. The van der Waals surface area contributed by atoms with Crippen molar-refractivity contribution in [2.75, 3.05) is 6.54 Å². The van der Waals surface area contributed by atoms with Crippen molar-refractivity contribution in [2.24, 2.45) is 11.8 Å². The van der Waals surface area contributed by atoms with Crippen LogP contribution in [-0.2, 0) is 25.5 Å². The van der Waals surface area contributed by atoms with Gasteiger partial charge in [-0.25, -0.2) is 4.79 Å². The largest absolute Gasteiger partial charge is 0.444 e. The van der Waals surface area contributed by atoms with E-state index in [1.807, 2.05) is 44.2 Å². The van der Waals surface area contributed by atoms with Gasteiger partial charge in [-0.1, -0.05) is 82.9 Å². The van der Waals surface area contributed by atoms with Crippen molar-refractivity contribution < 1.29 is 29.0 Å². The van der Waals surface area contributed by atoms with Gasteiger partial charge in [0.2, 0.25) is 17.7 Å². The Kier molecular flexibility index (Phi) is 14.9. The van der Waals surface area contributed by atoms with Crippen LogP contribution >= 0.6 is 0 Å². The molecule has 0 heterocycles. The Labute approximate surface area is 263 Å². The summed E-state index contributed by atoms with van der Waals surface area (Å²) in [4.78, 5) is 51.8. The highest BCUT2D eigenvalue weighted by Gasteiger charge is 2.31. The van der Waals surface area contributed by atoms with Gasteiger partial charge in [-0.05, 0) is 51.5 Å². The number of hydrogen-bond acceptors (Lipinski definition) is 6. The molecule has 0 spiro atoms. The lowest BCUT2D eigenvalue weighted by atomic mass is 9.83. The lowest BCUT2D eigenvalue weighted by Crippen LogP contribution is -2.56. The fourth-order valence-corrected chi connectivity index (χ4v) is 5.20. The van der Waals surface area contributed by atoms with E-state index >= 15 is 0 Å². The highest BCUT2D eigenvalue weighted by atomic mass is 16.6. The first-order valence-electron chi connectivity index (χ1n) is 15.9. The highest BCUT2D eigenvalue weighted by Crippen LogP contribution is 2.29. The van der Waals surface area contributed by atoms with Crippen LogP contribution in [0.1, 0.15) is 92.1 Å². The maximum absolute atomic E-state index is 13.4. The molecule has 5 N–H and O–H groups in total. The molecule has 0 saturated heterocycles. The van der Waals surface area contributed by atoms with E-state index in [0.717, 1.165) is 31.2 Å². The molecule has 2 rings (SSSR count). The second-order valence-electron chi connectivity index (χ2n) is 13.5. The molecule has 1 aromatic carbocycles. The van der Waals surface area contributed by atoms with Gasteiger partial charge in [0.05, 0.1) is 12.1 Å². The summed E-state index contributed by atoms with van der Waals surface area (Å²) in [5, 5.41) is 22.3. The molecule has 4 amide bonds. The van der Waals surface area contributed by atoms with Crippen molar-refractivity contribution in [3.05, 3.63) is 48.0 Å². The molecule has 1 aromatic rings. The minimum absolute atomic E-state index is 0.0152. The lowest BCUT2D eigenvalue weighted by Gasteiger charge is -2.31. The number of rotatable bonds is 15. The van der Waals surface area contributed by atoms with Crippen LogP contribution in [0.5, 0.6) is 0 Å². The molecule has 0 radical (unpaired) electrons. The highest BCUT2D eigenvalue weighted by molar-refractivity contribution is 5.93. The molecular formula is C34H54N4O6. The summed E-state index contributed by atoms with van der Waals surface area (Å²) in [6.07, 6.45) is 4.42. The molecule has 1 aliphatic rings. The van der Waals surface area contributed by atoms with Crippen LogP contribution in [0.3, 0.4) is 0 Å². The van der Waals surface area contributed by atoms with Gasteiger partial charge < -0.3 is 31.1 Å². The minimum atomic E-state index is -1.03. The summed E-state index contributed by atoms with van der Waals surface area (Å²) in [6, 6.07) is 6.67. The van der Waals surface area contributed by atoms with Gasteiger partial charge in [0, 0.05) is 25.0 Å². The normalized spacial score (nSPS) is 16.6. The first kappa shape index (κ1) is 36.8. The maximum atomic E-state index is 13.4. The smallest absolute Gasteiger partial charge is 0.408 e. The fraction of sp³-hybridized carbons (Fsp3) is 0.647. The van der Waals surface area contributed by atoms with Crippen molar-refractivity contribution in [3.63, 3.8) is 0 Å². The Morgan fingerprint density at radius 3 is 2.18 bits per heavy atom. The zero-order chi connectivity index (χ0) is 32.9. The molecule has 0 unspecified atom stereocenters. The number of ether oxygens (including phenoxy) is 1. The number of alkyl carbamates (subject to hydrolysis) is 1. The van der Waals surface area contributed by atoms with E-state index in [1.54, 1.807) is 27.7 Å². The van der Waals surface area contributed by atoms with Crippen LogP contribution in [0.4, 0.5) is 4.79 Å². The summed E-state index contributed by atoms with van der Waals surface area (Å²) in [7, 11) is 0. The summed E-state index contributed by atoms with van der Waals surface area (Å²) in [5.74, 6) is -0.711. The third-order valence-corrected chi connectivity index (χ3v) is 7.59. The van der Waals surface area contributed by atoms with E-state index in [9.17, 15) is 24.3 Å². The minimum Gasteiger partial charge on any atom is -0.444 e. The van der Waals surface area contributed by atoms with E-state index in [-0.39, 0.29) is 30.2 Å². The number of amides is 4. The molecule has 0 bridgehead atoms. The monoisotopic (exact) mass is 614 g/mol. The Hall–Kier alpha value is -3.40. The van der Waals surface area contributed by atoms with Crippen molar-refractivity contribution in [1.29, 1.82) is 0 Å². The molecular weight excluding hydrogens is 560 g/mol. The predicted octanol–water partition coefficient (Wildman–Crippen LogP) is 4.16. The molecule has 10 nitrogen and oxygen atoms in total. The van der Waals surface area contributed by atoms with Gasteiger partial charge in [0.15, 0.2) is 0 Å². The summed E-state index contributed by atoms with van der Waals surface area (Å²) < 4.78 is 5.36. The standard InChI is InChI=1S/C34H54N4O6/c1-22(2)21-35-30(40)23(3)18-29(39)27(19-25-14-10-8-11-15-25)37-31(41)24(4)36-32(42)28(20-26-16-12-9-13-17-26)38-33(43)44-34(5,6)7/h9,12-13,16-17,22,24-25,27-29,39H,3,8,10-11,14-15,18-21H2,1-2,4-7H3,(H,35,40)(H,36,42)(H,37,41)(H,38,43)/t24-,27-,28-,29-/m0/s1. The van der Waals surface area contributed by atoms with Gasteiger partial charge >= 0.3 is 6.09 Å². The summed E-state index contributed by atoms with van der Waals surface area (Å²) in [6.45, 7) is 15.1. The average molecular weight is 615 g/mol. The number of carbonyl (C=O) groups excluding carboxylic acids is 4. The SMILES string of the molecule is C=C(C[C@H](O)[C@H](CC1CCCCC1)NC(=O)[C@H](C)NC(=O)[C@H](Cc1ccccc1)NC(=O)OC(C)(C)C)C(=O)NCC(C)C. The fourth-order valence-electron chi connectivity index (χ4n) is 5.20. The van der Waals surface area contributed by atoms with Crippen molar-refractivity contribution >= 4 is 23.8 Å². The Morgan fingerprint density at radius 1 is 0.955 bits per heavy atom. The van der Waals surface area contributed by atoms with Crippen LogP contribution in [0.2, 0.25) is 0 Å². The average Bonchev–Trinajstić information content (AvgIpc) is 2.95. The summed E-state index contributed by atoms with van der Waals surface area (Å²) in [5.41, 5.74) is 0.327. The number of aliphatic hydroxyl groups excluding tert-OH is 1. The van der Waals surface area contributed by atoms with Gasteiger partial charge in [0.1, 0.15) is 17.7 Å². The molecule has 1 fully saturated rings. The quantitative estimate of drug-likeness (QED) is 0.188. The van der Waals surface area contributed by atoms with Gasteiger partial charge in [-0.2, -0.15) is 0 Å². The Morgan fingerprint density at radius 2 is 1.59 bits per heavy atom. The van der Waals surface area contributed by atoms with Crippen molar-refractivity contribution in [3.8, 4) is 0 Å². The second-order valence-corrected chi connectivity index (χ2v) is 13.5. The van der Waals surface area contributed by atoms with E-state index < -0.39 is 47.7 Å². The lowest BCUT2D eigenvalue weighted by molar-refractivity contribution is -0.130. The van der Waals surface area contributed by atoms with E-state index in [0.29, 0.717) is 18.9 Å². The van der Waals surface area contributed by atoms with Crippen LogP contribution in [0.15, 0.2) is 42.5 Å². The number of hydrogen-bond donors (Lipinski definition) is 5. The van der Waals surface area contributed by atoms with Gasteiger partial charge in [-0.15, -0.1) is 0 Å². The van der Waals surface area contributed by atoms with E-state index in [2.05, 4.69) is 27.8 Å². The van der Waals surface area contributed by atoms with Crippen molar-refractivity contribution in [1.82, 2.24) is 21.3 Å². The topological polar surface area (TPSA) is 146 Å². The number of carbonyl (C=O) groups is 4. The Bertz CT molecular complexity index is 1090. The van der Waals surface area contributed by atoms with E-state index in [4.69, 9.17) is 4.74 Å². The van der Waals surface area contributed by atoms with Gasteiger partial charge in [-0.3, -0.25) is 14.4 Å². The first-order chi connectivity index (χ1) is 20.6. The summed E-state index contributed by atoms with van der Waals surface area (Å²) >= 11 is 0. The molecule has 10 heteroatoms. The molecule has 4 atom stereocenters. The van der Waals surface area contributed by atoms with Crippen LogP contribution in [0.25, 0.3) is 0 Å². The molecule has 0 aliphatic heterocycles. The predicted molar refractivity (Wildman–Crippen MR) is 172 cm³/mol. The molecule has 246 valence electrons. The number of benzene rings is 1. The zero-order valence-corrected chi connectivity index (χ0v) is 27.4. The second kappa shape index (κ2) is 17.8. The molecule has 1 aliphatic carbocycles. The molecule has 0 aromatic heterocycles. The van der Waals surface area contributed by atoms with Crippen LogP contribution in [0, 0.1) is 11.8 Å². The van der Waals surface area contributed by atoms with Crippen LogP contribution < -0.4 is 21.3 Å². The van der Waals surface area contributed by atoms with Crippen molar-refractivity contribution in [2.45, 2.75) is 123 Å². The first-order valence-corrected chi connectivity index (χ1v) is 15.9. The zero-order valence-electron chi connectivity index (χ0n) is 27.4. The Balaban J connectivity index is 2.11. The number of aliphatic hydroxyl groups is 1.